The molecule has 2 aliphatic rings. The van der Waals surface area contributed by atoms with Crippen LogP contribution in [0.15, 0.2) is 0 Å². The van der Waals surface area contributed by atoms with E-state index in [1.54, 1.807) is 0 Å². The highest BCUT2D eigenvalue weighted by molar-refractivity contribution is 6.21. The van der Waals surface area contributed by atoms with Crippen molar-refractivity contribution in [3.8, 4) is 0 Å². The Morgan fingerprint density at radius 3 is 2.62 bits per heavy atom. The lowest BCUT2D eigenvalue weighted by Gasteiger charge is -2.34. The lowest BCUT2D eigenvalue weighted by atomic mass is 9.97. The Balaban J connectivity index is 1.80. The standard InChI is InChI=1S/C13H22ClNO/c1-10-6-7-15(9-12(10)14)13(16)8-11-4-2-3-5-11/h10-12H,2-9H2,1H3. The van der Waals surface area contributed by atoms with Crippen molar-refractivity contribution in [2.75, 3.05) is 13.1 Å². The van der Waals surface area contributed by atoms with E-state index in [1.807, 2.05) is 4.90 Å². The van der Waals surface area contributed by atoms with Crippen LogP contribution in [0.2, 0.25) is 0 Å². The minimum absolute atomic E-state index is 0.154. The maximum atomic E-state index is 12.1. The number of amides is 1. The van der Waals surface area contributed by atoms with Crippen LogP contribution in [0.4, 0.5) is 0 Å². The third-order valence-corrected chi connectivity index (χ3v) is 4.73. The SMILES string of the molecule is CC1CCN(C(=O)CC2CCCC2)CC1Cl. The summed E-state index contributed by atoms with van der Waals surface area (Å²) in [5, 5.41) is 0.154. The van der Waals surface area contributed by atoms with Gasteiger partial charge >= 0.3 is 0 Å². The summed E-state index contributed by atoms with van der Waals surface area (Å²) in [5.41, 5.74) is 0. The van der Waals surface area contributed by atoms with Crippen LogP contribution in [0.5, 0.6) is 0 Å². The highest BCUT2D eigenvalue weighted by Crippen LogP contribution is 2.29. The second-order valence-electron chi connectivity index (χ2n) is 5.48. The van der Waals surface area contributed by atoms with Crippen molar-refractivity contribution in [2.24, 2.45) is 11.8 Å². The van der Waals surface area contributed by atoms with E-state index in [0.29, 0.717) is 17.7 Å². The lowest BCUT2D eigenvalue weighted by molar-refractivity contribution is -0.133. The van der Waals surface area contributed by atoms with Gasteiger partial charge in [0.05, 0.1) is 5.38 Å². The molecule has 0 N–H and O–H groups in total. The number of halogens is 1. The van der Waals surface area contributed by atoms with Crippen LogP contribution < -0.4 is 0 Å². The van der Waals surface area contributed by atoms with Crippen LogP contribution in [0.25, 0.3) is 0 Å². The molecule has 1 heterocycles. The molecule has 1 aliphatic carbocycles. The molecule has 2 unspecified atom stereocenters. The van der Waals surface area contributed by atoms with E-state index in [1.165, 1.54) is 25.7 Å². The van der Waals surface area contributed by atoms with E-state index in [9.17, 15) is 4.79 Å². The van der Waals surface area contributed by atoms with Gasteiger partial charge in [-0.25, -0.2) is 0 Å². The first-order valence-electron chi connectivity index (χ1n) is 6.58. The summed E-state index contributed by atoms with van der Waals surface area (Å²) in [4.78, 5) is 14.1. The highest BCUT2D eigenvalue weighted by Gasteiger charge is 2.29. The smallest absolute Gasteiger partial charge is 0.222 e. The molecule has 1 amide bonds. The lowest BCUT2D eigenvalue weighted by Crippen LogP contribution is -2.44. The molecule has 16 heavy (non-hydrogen) atoms. The summed E-state index contributed by atoms with van der Waals surface area (Å²) in [6.45, 7) is 3.85. The van der Waals surface area contributed by atoms with E-state index >= 15 is 0 Å². The molecule has 2 fully saturated rings. The number of carbonyl (C=O) groups is 1. The molecular formula is C13H22ClNO. The van der Waals surface area contributed by atoms with Gasteiger partial charge in [0.2, 0.25) is 5.91 Å². The van der Waals surface area contributed by atoms with Gasteiger partial charge in [0.1, 0.15) is 0 Å². The molecule has 0 bridgehead atoms. The molecule has 1 aliphatic heterocycles. The number of hydrogen-bond acceptors (Lipinski definition) is 1. The van der Waals surface area contributed by atoms with Crippen LogP contribution in [-0.4, -0.2) is 29.3 Å². The van der Waals surface area contributed by atoms with Gasteiger partial charge in [-0.1, -0.05) is 19.8 Å². The van der Waals surface area contributed by atoms with Gasteiger partial charge in [-0.3, -0.25) is 4.79 Å². The average molecular weight is 244 g/mol. The molecule has 2 rings (SSSR count). The zero-order chi connectivity index (χ0) is 11.5. The van der Waals surface area contributed by atoms with Crippen LogP contribution in [0.3, 0.4) is 0 Å². The molecule has 0 aromatic heterocycles. The first-order valence-corrected chi connectivity index (χ1v) is 7.02. The van der Waals surface area contributed by atoms with E-state index in [-0.39, 0.29) is 5.38 Å². The summed E-state index contributed by atoms with van der Waals surface area (Å²) in [5.74, 6) is 1.54. The Bertz CT molecular complexity index is 250. The van der Waals surface area contributed by atoms with Crippen molar-refractivity contribution >= 4 is 17.5 Å². The Morgan fingerprint density at radius 1 is 1.31 bits per heavy atom. The molecule has 2 nitrogen and oxygen atoms in total. The Kier molecular flexibility index (Phi) is 4.12. The van der Waals surface area contributed by atoms with E-state index in [4.69, 9.17) is 11.6 Å². The minimum Gasteiger partial charge on any atom is -0.341 e. The Hall–Kier alpha value is -0.240. The Labute approximate surface area is 103 Å². The normalized spacial score (nSPS) is 32.0. The number of rotatable bonds is 2. The monoisotopic (exact) mass is 243 g/mol. The molecule has 0 aromatic carbocycles. The average Bonchev–Trinajstić information content (AvgIpc) is 2.74. The Morgan fingerprint density at radius 2 is 2.00 bits per heavy atom. The molecule has 0 aromatic rings. The number of carbonyl (C=O) groups excluding carboxylic acids is 1. The maximum absolute atomic E-state index is 12.1. The maximum Gasteiger partial charge on any atom is 0.222 e. The van der Waals surface area contributed by atoms with Crippen molar-refractivity contribution in [3.63, 3.8) is 0 Å². The zero-order valence-corrected chi connectivity index (χ0v) is 10.9. The number of alkyl halides is 1. The third-order valence-electron chi connectivity index (χ3n) is 4.16. The van der Waals surface area contributed by atoms with Gasteiger partial charge in [-0.2, -0.15) is 0 Å². The first-order chi connectivity index (χ1) is 7.66. The summed E-state index contributed by atoms with van der Waals surface area (Å²) in [6, 6.07) is 0. The summed E-state index contributed by atoms with van der Waals surface area (Å²) < 4.78 is 0. The topological polar surface area (TPSA) is 20.3 Å². The van der Waals surface area contributed by atoms with Crippen LogP contribution in [0.1, 0.15) is 45.4 Å². The fourth-order valence-corrected chi connectivity index (χ4v) is 3.13. The van der Waals surface area contributed by atoms with Crippen LogP contribution in [-0.2, 0) is 4.79 Å². The fraction of sp³-hybridized carbons (Fsp3) is 0.923. The van der Waals surface area contributed by atoms with E-state index in [2.05, 4.69) is 6.92 Å². The van der Waals surface area contributed by atoms with Crippen molar-refractivity contribution < 1.29 is 4.79 Å². The van der Waals surface area contributed by atoms with Gasteiger partial charge in [-0.05, 0) is 31.1 Å². The molecule has 1 saturated carbocycles. The molecular weight excluding hydrogens is 222 g/mol. The molecule has 2 atom stereocenters. The second kappa shape index (κ2) is 5.39. The quantitative estimate of drug-likeness (QED) is 0.683. The molecule has 1 saturated heterocycles. The van der Waals surface area contributed by atoms with Crippen molar-refractivity contribution in [1.29, 1.82) is 0 Å². The summed E-state index contributed by atoms with van der Waals surface area (Å²) in [7, 11) is 0. The van der Waals surface area contributed by atoms with Crippen LogP contribution in [0, 0.1) is 11.8 Å². The van der Waals surface area contributed by atoms with Gasteiger partial charge in [-0.15, -0.1) is 11.6 Å². The van der Waals surface area contributed by atoms with Gasteiger partial charge in [0.15, 0.2) is 0 Å². The fourth-order valence-electron chi connectivity index (χ4n) is 2.84. The predicted molar refractivity (Wildman–Crippen MR) is 66.6 cm³/mol. The molecule has 0 spiro atoms. The van der Waals surface area contributed by atoms with Crippen LogP contribution >= 0.6 is 11.6 Å². The molecule has 92 valence electrons. The van der Waals surface area contributed by atoms with Crippen molar-refractivity contribution in [1.82, 2.24) is 4.90 Å². The highest BCUT2D eigenvalue weighted by atomic mass is 35.5. The first kappa shape index (κ1) is 12.2. The number of nitrogens with zero attached hydrogens (tertiary/aromatic N) is 1. The largest absolute Gasteiger partial charge is 0.341 e. The second-order valence-corrected chi connectivity index (χ2v) is 6.04. The predicted octanol–water partition coefficient (Wildman–Crippen LogP) is 3.04. The number of hydrogen-bond donors (Lipinski definition) is 0. The number of piperidine rings is 1. The van der Waals surface area contributed by atoms with Gasteiger partial charge in [0.25, 0.3) is 0 Å². The third kappa shape index (κ3) is 2.91. The molecule has 0 radical (unpaired) electrons. The van der Waals surface area contributed by atoms with E-state index in [0.717, 1.165) is 25.9 Å². The zero-order valence-electron chi connectivity index (χ0n) is 10.1. The number of likely N-dealkylation sites (tertiary alicyclic amines) is 1. The van der Waals surface area contributed by atoms with Gasteiger partial charge in [0, 0.05) is 19.5 Å². The van der Waals surface area contributed by atoms with Gasteiger partial charge < -0.3 is 4.90 Å². The summed E-state index contributed by atoms with van der Waals surface area (Å²) in [6.07, 6.45) is 6.95. The van der Waals surface area contributed by atoms with Crippen molar-refractivity contribution in [3.05, 3.63) is 0 Å². The van der Waals surface area contributed by atoms with E-state index < -0.39 is 0 Å². The summed E-state index contributed by atoms with van der Waals surface area (Å²) >= 11 is 6.23. The van der Waals surface area contributed by atoms with Crippen molar-refractivity contribution in [2.45, 2.75) is 50.8 Å². The molecule has 3 heteroatoms. The minimum atomic E-state index is 0.154.